The van der Waals surface area contributed by atoms with E-state index in [9.17, 15) is 4.79 Å². The molecule has 0 aliphatic heterocycles. The zero-order chi connectivity index (χ0) is 7.28. The molecular weight excluding hydrogens is 118 g/mol. The highest BCUT2D eigenvalue weighted by atomic mass is 16.2. The molecule has 0 aromatic rings. The van der Waals surface area contributed by atoms with E-state index in [1.807, 2.05) is 0 Å². The van der Waals surface area contributed by atoms with Crippen LogP contribution in [0, 0.1) is 5.92 Å². The summed E-state index contributed by atoms with van der Waals surface area (Å²) in [5.74, 6) is 4.69. The molecule has 54 valence electrons. The third-order valence-corrected chi connectivity index (χ3v) is 1.10. The summed E-state index contributed by atoms with van der Waals surface area (Å²) in [7, 11) is 1.79. The van der Waals surface area contributed by atoms with E-state index < -0.39 is 0 Å². The van der Waals surface area contributed by atoms with Gasteiger partial charge in [0.15, 0.2) is 0 Å². The second-order valence-corrected chi connectivity index (χ2v) is 1.97. The van der Waals surface area contributed by atoms with Gasteiger partial charge in [-0.25, -0.2) is 5.84 Å². The minimum atomic E-state index is -0.135. The summed E-state index contributed by atoms with van der Waals surface area (Å²) in [6, 6.07) is 0. The summed E-state index contributed by atoms with van der Waals surface area (Å²) < 4.78 is 0. The van der Waals surface area contributed by atoms with Crippen LogP contribution in [0.3, 0.4) is 0 Å². The topological polar surface area (TPSA) is 67.2 Å². The van der Waals surface area contributed by atoms with Crippen LogP contribution in [0.2, 0.25) is 0 Å². The number of carbonyl (C=O) groups is 1. The molecule has 0 fully saturated rings. The maximum atomic E-state index is 10.6. The Hall–Kier alpha value is -0.610. The minimum Gasteiger partial charge on any atom is -0.319 e. The fourth-order valence-electron chi connectivity index (χ4n) is 0.541. The lowest BCUT2D eigenvalue weighted by Crippen LogP contribution is -2.38. The third kappa shape index (κ3) is 3.05. The highest BCUT2D eigenvalue weighted by Crippen LogP contribution is 1.88. The molecule has 4 heteroatoms. The van der Waals surface area contributed by atoms with Gasteiger partial charge in [0.25, 0.3) is 0 Å². The Morgan fingerprint density at radius 1 is 1.78 bits per heavy atom. The molecule has 0 aromatic carbocycles. The van der Waals surface area contributed by atoms with E-state index in [2.05, 4.69) is 10.7 Å². The Balaban J connectivity index is 3.45. The number of hydrogen-bond acceptors (Lipinski definition) is 3. The lowest BCUT2D eigenvalue weighted by atomic mass is 10.2. The fraction of sp³-hybridized carbons (Fsp3) is 0.800. The predicted octanol–water partition coefficient (Wildman–Crippen LogP) is -1.17. The number of hydrazine groups is 1. The first kappa shape index (κ1) is 8.39. The molecule has 0 aromatic heterocycles. The molecule has 0 saturated heterocycles. The van der Waals surface area contributed by atoms with Crippen LogP contribution < -0.4 is 16.6 Å². The number of nitrogens with two attached hydrogens (primary N) is 1. The Labute approximate surface area is 54.8 Å². The van der Waals surface area contributed by atoms with Crippen LogP contribution in [0.4, 0.5) is 0 Å². The fourth-order valence-corrected chi connectivity index (χ4v) is 0.541. The van der Waals surface area contributed by atoms with Crippen LogP contribution in [0.5, 0.6) is 0 Å². The molecule has 0 radical (unpaired) electrons. The molecule has 0 saturated carbocycles. The van der Waals surface area contributed by atoms with E-state index in [0.717, 1.165) is 0 Å². The van der Waals surface area contributed by atoms with Gasteiger partial charge in [0.05, 0.1) is 0 Å². The zero-order valence-corrected chi connectivity index (χ0v) is 5.77. The Kier molecular flexibility index (Phi) is 4.00. The van der Waals surface area contributed by atoms with E-state index in [4.69, 9.17) is 5.84 Å². The molecule has 1 amide bonds. The second kappa shape index (κ2) is 4.29. The largest absolute Gasteiger partial charge is 0.319 e. The number of carbonyl (C=O) groups excluding carboxylic acids is 1. The van der Waals surface area contributed by atoms with Crippen molar-refractivity contribution in [3.63, 3.8) is 0 Å². The average Bonchev–Trinajstić information content (AvgIpc) is 1.87. The van der Waals surface area contributed by atoms with Gasteiger partial charge < -0.3 is 5.32 Å². The van der Waals surface area contributed by atoms with Gasteiger partial charge in [-0.1, -0.05) is 6.92 Å². The van der Waals surface area contributed by atoms with Gasteiger partial charge in [0, 0.05) is 12.5 Å². The first-order chi connectivity index (χ1) is 4.22. The van der Waals surface area contributed by atoms with E-state index in [1.165, 1.54) is 0 Å². The van der Waals surface area contributed by atoms with Crippen LogP contribution in [0.15, 0.2) is 0 Å². The molecule has 4 nitrogen and oxygen atoms in total. The van der Waals surface area contributed by atoms with Gasteiger partial charge >= 0.3 is 0 Å². The van der Waals surface area contributed by atoms with Crippen LogP contribution in [0.1, 0.15) is 6.92 Å². The highest BCUT2D eigenvalue weighted by molar-refractivity contribution is 5.77. The molecule has 4 N–H and O–H groups in total. The van der Waals surface area contributed by atoms with Gasteiger partial charge in [-0.2, -0.15) is 0 Å². The molecule has 0 bridgehead atoms. The smallest absolute Gasteiger partial charge is 0.237 e. The maximum Gasteiger partial charge on any atom is 0.237 e. The van der Waals surface area contributed by atoms with Gasteiger partial charge in [0.1, 0.15) is 0 Å². The van der Waals surface area contributed by atoms with Crippen molar-refractivity contribution in [1.29, 1.82) is 0 Å². The number of nitrogens with one attached hydrogen (secondary N) is 2. The third-order valence-electron chi connectivity index (χ3n) is 1.10. The summed E-state index contributed by atoms with van der Waals surface area (Å²) in [6.07, 6.45) is 0. The van der Waals surface area contributed by atoms with Gasteiger partial charge in [0.2, 0.25) is 5.91 Å². The van der Waals surface area contributed by atoms with Crippen molar-refractivity contribution in [1.82, 2.24) is 10.7 Å². The van der Waals surface area contributed by atoms with E-state index in [-0.39, 0.29) is 11.8 Å². The molecule has 0 aliphatic rings. The van der Waals surface area contributed by atoms with Crippen LogP contribution in [0.25, 0.3) is 0 Å². The Morgan fingerprint density at radius 2 is 2.33 bits per heavy atom. The first-order valence-electron chi connectivity index (χ1n) is 2.87. The summed E-state index contributed by atoms with van der Waals surface area (Å²) in [5.41, 5.74) is 2.07. The highest BCUT2D eigenvalue weighted by Gasteiger charge is 2.08. The lowest BCUT2D eigenvalue weighted by molar-refractivity contribution is -0.124. The number of rotatable bonds is 3. The molecule has 1 atom stereocenters. The Bertz CT molecular complexity index is 94.2. The van der Waals surface area contributed by atoms with Gasteiger partial charge in [-0.3, -0.25) is 10.2 Å². The van der Waals surface area contributed by atoms with Crippen molar-refractivity contribution in [3.05, 3.63) is 0 Å². The van der Waals surface area contributed by atoms with Crippen molar-refractivity contribution >= 4 is 5.91 Å². The van der Waals surface area contributed by atoms with E-state index in [1.54, 1.807) is 14.0 Å². The molecule has 0 spiro atoms. The standard InChI is InChI=1S/C5H13N3O/c1-4(3-7-2)5(9)8-6/h4,7H,3,6H2,1-2H3,(H,8,9). The van der Waals surface area contributed by atoms with Crippen molar-refractivity contribution in [2.45, 2.75) is 6.92 Å². The summed E-state index contributed by atoms with van der Waals surface area (Å²) >= 11 is 0. The SMILES string of the molecule is CNCC(C)C(=O)NN. The first-order valence-corrected chi connectivity index (χ1v) is 2.87. The van der Waals surface area contributed by atoms with E-state index >= 15 is 0 Å². The molecule has 9 heavy (non-hydrogen) atoms. The van der Waals surface area contributed by atoms with Crippen molar-refractivity contribution in [2.24, 2.45) is 11.8 Å². The van der Waals surface area contributed by atoms with Crippen LogP contribution in [-0.2, 0) is 4.79 Å². The van der Waals surface area contributed by atoms with Crippen molar-refractivity contribution in [2.75, 3.05) is 13.6 Å². The molecule has 0 aliphatic carbocycles. The number of hydrogen-bond donors (Lipinski definition) is 3. The van der Waals surface area contributed by atoms with Gasteiger partial charge in [-0.05, 0) is 7.05 Å². The summed E-state index contributed by atoms with van der Waals surface area (Å²) in [5, 5.41) is 2.87. The summed E-state index contributed by atoms with van der Waals surface area (Å²) in [4.78, 5) is 10.6. The predicted molar refractivity (Wildman–Crippen MR) is 35.4 cm³/mol. The lowest BCUT2D eigenvalue weighted by Gasteiger charge is -2.06. The molecular formula is C5H13N3O. The second-order valence-electron chi connectivity index (χ2n) is 1.97. The maximum absolute atomic E-state index is 10.6. The van der Waals surface area contributed by atoms with E-state index in [0.29, 0.717) is 6.54 Å². The molecule has 0 rings (SSSR count). The van der Waals surface area contributed by atoms with Crippen molar-refractivity contribution < 1.29 is 4.79 Å². The van der Waals surface area contributed by atoms with Crippen molar-refractivity contribution in [3.8, 4) is 0 Å². The number of amides is 1. The summed E-state index contributed by atoms with van der Waals surface area (Å²) in [6.45, 7) is 2.46. The average molecular weight is 131 g/mol. The molecule has 0 heterocycles. The Morgan fingerprint density at radius 3 is 2.67 bits per heavy atom. The minimum absolute atomic E-state index is 0.0556. The zero-order valence-electron chi connectivity index (χ0n) is 5.77. The monoisotopic (exact) mass is 131 g/mol. The molecule has 1 unspecified atom stereocenters. The quantitative estimate of drug-likeness (QED) is 0.257. The normalized spacial score (nSPS) is 12.8. The van der Waals surface area contributed by atoms with Crippen LogP contribution in [-0.4, -0.2) is 19.5 Å². The van der Waals surface area contributed by atoms with Crippen LogP contribution >= 0.6 is 0 Å². The van der Waals surface area contributed by atoms with Gasteiger partial charge in [-0.15, -0.1) is 0 Å².